The first kappa shape index (κ1) is 15.2. The molecule has 0 saturated carbocycles. The molecule has 1 aliphatic rings. The lowest BCUT2D eigenvalue weighted by Gasteiger charge is -2.26. The number of rotatable bonds is 3. The van der Waals surface area contributed by atoms with Crippen LogP contribution in [-0.2, 0) is 0 Å². The Kier molecular flexibility index (Phi) is 4.60. The zero-order valence-electron chi connectivity index (χ0n) is 11.1. The summed E-state index contributed by atoms with van der Waals surface area (Å²) in [6, 6.07) is 1.50. The molecule has 1 fully saturated rings. The van der Waals surface area contributed by atoms with Crippen LogP contribution in [0, 0.1) is 11.6 Å². The lowest BCUT2D eigenvalue weighted by atomic mass is 10.1. The molecule has 0 spiro atoms. The van der Waals surface area contributed by atoms with Gasteiger partial charge in [0.1, 0.15) is 11.6 Å². The van der Waals surface area contributed by atoms with Gasteiger partial charge < -0.3 is 10.0 Å². The van der Waals surface area contributed by atoms with Gasteiger partial charge in [-0.15, -0.1) is 0 Å². The first-order valence-electron chi connectivity index (χ1n) is 6.53. The van der Waals surface area contributed by atoms with E-state index in [-0.39, 0.29) is 16.6 Å². The molecule has 6 heteroatoms. The van der Waals surface area contributed by atoms with Crippen LogP contribution in [0.2, 0.25) is 5.02 Å². The van der Waals surface area contributed by atoms with Crippen LogP contribution < -0.4 is 0 Å². The number of amides is 1. The smallest absolute Gasteiger partial charge is 0.257 e. The summed E-state index contributed by atoms with van der Waals surface area (Å²) in [5, 5.41) is 9.08. The van der Waals surface area contributed by atoms with Crippen LogP contribution in [0.1, 0.15) is 36.5 Å². The second-order valence-corrected chi connectivity index (χ2v) is 5.53. The van der Waals surface area contributed by atoms with E-state index in [1.807, 2.05) is 0 Å². The Morgan fingerprint density at radius 3 is 2.85 bits per heavy atom. The average molecular weight is 304 g/mol. The number of aliphatic hydroxyl groups excluding tert-OH is 1. The van der Waals surface area contributed by atoms with E-state index >= 15 is 0 Å². The lowest BCUT2D eigenvalue weighted by molar-refractivity contribution is 0.0677. The number of likely N-dealkylation sites (tertiary alicyclic amines) is 1. The predicted molar refractivity (Wildman–Crippen MR) is 71.7 cm³/mol. The first-order chi connectivity index (χ1) is 9.40. The number of carbonyl (C=O) groups excluding carboxylic acids is 1. The summed E-state index contributed by atoms with van der Waals surface area (Å²) in [5.41, 5.74) is -0.315. The van der Waals surface area contributed by atoms with E-state index in [4.69, 9.17) is 11.6 Å². The van der Waals surface area contributed by atoms with Gasteiger partial charge in [-0.05, 0) is 38.3 Å². The summed E-state index contributed by atoms with van der Waals surface area (Å²) in [7, 11) is 0. The van der Waals surface area contributed by atoms with Gasteiger partial charge in [-0.3, -0.25) is 4.79 Å². The summed E-state index contributed by atoms with van der Waals surface area (Å²) in [6.45, 7) is 2.13. The lowest BCUT2D eigenvalue weighted by Crippen LogP contribution is -2.37. The van der Waals surface area contributed by atoms with Crippen molar-refractivity contribution in [1.29, 1.82) is 0 Å². The third kappa shape index (κ3) is 3.10. The normalized spacial score (nSPS) is 20.2. The molecule has 0 radical (unpaired) electrons. The van der Waals surface area contributed by atoms with Crippen molar-refractivity contribution < 1.29 is 18.7 Å². The van der Waals surface area contributed by atoms with Crippen molar-refractivity contribution in [2.24, 2.45) is 0 Å². The minimum Gasteiger partial charge on any atom is -0.393 e. The minimum atomic E-state index is -0.830. The molecule has 1 aliphatic heterocycles. The van der Waals surface area contributed by atoms with Crippen molar-refractivity contribution in [3.05, 3.63) is 34.4 Å². The van der Waals surface area contributed by atoms with Crippen molar-refractivity contribution in [2.75, 3.05) is 6.54 Å². The number of hydrogen-bond acceptors (Lipinski definition) is 2. The summed E-state index contributed by atoms with van der Waals surface area (Å²) in [4.78, 5) is 13.8. The summed E-state index contributed by atoms with van der Waals surface area (Å²) >= 11 is 5.47. The quantitative estimate of drug-likeness (QED) is 0.872. The van der Waals surface area contributed by atoms with E-state index in [2.05, 4.69) is 0 Å². The van der Waals surface area contributed by atoms with Crippen LogP contribution >= 0.6 is 11.6 Å². The van der Waals surface area contributed by atoms with E-state index in [0.29, 0.717) is 13.0 Å². The molecular formula is C14H16ClF2NO2. The molecule has 1 heterocycles. The molecule has 2 atom stereocenters. The molecule has 0 unspecified atom stereocenters. The van der Waals surface area contributed by atoms with Crippen LogP contribution in [0.3, 0.4) is 0 Å². The molecule has 20 heavy (non-hydrogen) atoms. The zero-order chi connectivity index (χ0) is 14.9. The van der Waals surface area contributed by atoms with Crippen LogP contribution in [0.15, 0.2) is 12.1 Å². The fourth-order valence-corrected chi connectivity index (χ4v) is 2.73. The van der Waals surface area contributed by atoms with Crippen molar-refractivity contribution >= 4 is 17.5 Å². The minimum absolute atomic E-state index is 0.138. The maximum Gasteiger partial charge on any atom is 0.257 e. The Balaban J connectivity index is 2.24. The molecule has 1 saturated heterocycles. The van der Waals surface area contributed by atoms with Gasteiger partial charge in [-0.2, -0.15) is 0 Å². The van der Waals surface area contributed by atoms with Crippen LogP contribution in [0.25, 0.3) is 0 Å². The van der Waals surface area contributed by atoms with Crippen molar-refractivity contribution in [1.82, 2.24) is 4.90 Å². The van der Waals surface area contributed by atoms with Gasteiger partial charge in [0.2, 0.25) is 0 Å². The molecule has 1 amide bonds. The fourth-order valence-electron chi connectivity index (χ4n) is 2.58. The van der Waals surface area contributed by atoms with Crippen LogP contribution in [-0.4, -0.2) is 34.6 Å². The number of benzene rings is 1. The van der Waals surface area contributed by atoms with Gasteiger partial charge in [0.15, 0.2) is 0 Å². The third-order valence-electron chi connectivity index (χ3n) is 3.49. The van der Waals surface area contributed by atoms with Gasteiger partial charge in [-0.1, -0.05) is 11.6 Å². The van der Waals surface area contributed by atoms with Gasteiger partial charge in [0, 0.05) is 12.6 Å². The van der Waals surface area contributed by atoms with Crippen LogP contribution in [0.4, 0.5) is 8.78 Å². The highest BCUT2D eigenvalue weighted by molar-refractivity contribution is 6.30. The number of halogens is 3. The van der Waals surface area contributed by atoms with Gasteiger partial charge in [-0.25, -0.2) is 8.78 Å². The number of nitrogens with zero attached hydrogens (tertiary/aromatic N) is 1. The molecule has 1 N–H and O–H groups in total. The largest absolute Gasteiger partial charge is 0.393 e. The van der Waals surface area contributed by atoms with E-state index in [0.717, 1.165) is 25.0 Å². The van der Waals surface area contributed by atoms with Gasteiger partial charge >= 0.3 is 0 Å². The Morgan fingerprint density at radius 1 is 1.50 bits per heavy atom. The highest BCUT2D eigenvalue weighted by Gasteiger charge is 2.31. The SMILES string of the molecule is C[C@H](O)C[C@H]1CCCN1C(=O)c1cc(F)c(Cl)cc1F. The second kappa shape index (κ2) is 6.06. The monoisotopic (exact) mass is 303 g/mol. The second-order valence-electron chi connectivity index (χ2n) is 5.13. The number of carbonyl (C=O) groups is 1. The number of hydrogen-bond donors (Lipinski definition) is 1. The Hall–Kier alpha value is -1.20. The van der Waals surface area contributed by atoms with E-state index < -0.39 is 23.6 Å². The molecular weight excluding hydrogens is 288 g/mol. The Bertz CT molecular complexity index is 522. The maximum atomic E-state index is 13.8. The molecule has 1 aromatic carbocycles. The third-order valence-corrected chi connectivity index (χ3v) is 3.78. The van der Waals surface area contributed by atoms with E-state index in [1.54, 1.807) is 6.92 Å². The highest BCUT2D eigenvalue weighted by Crippen LogP contribution is 2.26. The average Bonchev–Trinajstić information content (AvgIpc) is 2.80. The van der Waals surface area contributed by atoms with E-state index in [9.17, 15) is 18.7 Å². The Morgan fingerprint density at radius 2 is 2.20 bits per heavy atom. The molecule has 0 bridgehead atoms. The Labute approximate surface area is 121 Å². The molecule has 0 aromatic heterocycles. The van der Waals surface area contributed by atoms with Crippen molar-refractivity contribution in [3.63, 3.8) is 0 Å². The first-order valence-corrected chi connectivity index (χ1v) is 6.91. The molecule has 110 valence electrons. The molecule has 3 nitrogen and oxygen atoms in total. The molecule has 1 aromatic rings. The van der Waals surface area contributed by atoms with E-state index in [1.165, 1.54) is 4.90 Å². The van der Waals surface area contributed by atoms with Gasteiger partial charge in [0.05, 0.1) is 16.7 Å². The van der Waals surface area contributed by atoms with Gasteiger partial charge in [0.25, 0.3) is 5.91 Å². The molecule has 0 aliphatic carbocycles. The van der Waals surface area contributed by atoms with Crippen molar-refractivity contribution in [3.8, 4) is 0 Å². The number of aliphatic hydroxyl groups is 1. The summed E-state index contributed by atoms with van der Waals surface area (Å²) in [6.07, 6.45) is 1.44. The molecule has 2 rings (SSSR count). The fraction of sp³-hybridized carbons (Fsp3) is 0.500. The van der Waals surface area contributed by atoms with Crippen LogP contribution in [0.5, 0.6) is 0 Å². The van der Waals surface area contributed by atoms with Crippen molar-refractivity contribution in [2.45, 2.75) is 38.3 Å². The summed E-state index contributed by atoms with van der Waals surface area (Å²) < 4.78 is 27.2. The predicted octanol–water partition coefficient (Wildman–Crippen LogP) is 2.99. The standard InChI is InChI=1S/C14H16ClF2NO2/c1-8(19)5-9-3-2-4-18(9)14(20)10-6-13(17)11(15)7-12(10)16/h6-9,19H,2-5H2,1H3/t8-,9+/m0/s1. The zero-order valence-corrected chi connectivity index (χ0v) is 11.8. The topological polar surface area (TPSA) is 40.5 Å². The highest BCUT2D eigenvalue weighted by atomic mass is 35.5. The maximum absolute atomic E-state index is 13.8. The summed E-state index contributed by atoms with van der Waals surface area (Å²) in [5.74, 6) is -2.20.